The van der Waals surface area contributed by atoms with Crippen LogP contribution in [0.1, 0.15) is 0 Å². The Bertz CT molecular complexity index is 485. The van der Waals surface area contributed by atoms with Crippen molar-refractivity contribution in [2.75, 3.05) is 7.11 Å². The van der Waals surface area contributed by atoms with Gasteiger partial charge in [-0.05, 0) is 29.8 Å². The molecule has 0 aliphatic heterocycles. The first-order valence-corrected chi connectivity index (χ1v) is 4.79. The normalized spacial score (nSPS) is 10.3. The van der Waals surface area contributed by atoms with Crippen LogP contribution in [0.2, 0.25) is 10.2 Å². The summed E-state index contributed by atoms with van der Waals surface area (Å²) < 4.78 is 10.0. The first kappa shape index (κ1) is 10.3. The average molecular weight is 245 g/mol. The second-order valence-electron chi connectivity index (χ2n) is 2.69. The number of nitrogens with zero attached hydrogens (tertiary/aromatic N) is 2. The summed E-state index contributed by atoms with van der Waals surface area (Å²) in [6.45, 7) is 0. The van der Waals surface area contributed by atoms with Crippen LogP contribution >= 0.6 is 23.2 Å². The molecule has 2 rings (SSSR count). The number of halogens is 2. The zero-order valence-electron chi connectivity index (χ0n) is 7.70. The van der Waals surface area contributed by atoms with Crippen LogP contribution in [-0.4, -0.2) is 17.3 Å². The third-order valence-corrected chi connectivity index (χ3v) is 2.21. The molecule has 6 heteroatoms. The number of furan rings is 1. The van der Waals surface area contributed by atoms with Crippen molar-refractivity contribution in [1.29, 1.82) is 0 Å². The van der Waals surface area contributed by atoms with Crippen LogP contribution in [0.3, 0.4) is 0 Å². The lowest BCUT2D eigenvalue weighted by atomic mass is 10.3. The molecule has 0 fully saturated rings. The molecule has 0 saturated carbocycles. The molecule has 0 bridgehead atoms. The molecule has 2 aromatic rings. The number of methoxy groups -OCH3 is 1. The molecular weight excluding hydrogens is 239 g/mol. The van der Waals surface area contributed by atoms with E-state index in [2.05, 4.69) is 10.2 Å². The molecule has 0 atom stereocenters. The maximum atomic E-state index is 5.88. The summed E-state index contributed by atoms with van der Waals surface area (Å²) >= 11 is 11.5. The fourth-order valence-electron chi connectivity index (χ4n) is 1.07. The quantitative estimate of drug-likeness (QED) is 0.815. The monoisotopic (exact) mass is 244 g/mol. The van der Waals surface area contributed by atoms with Gasteiger partial charge in [-0.2, -0.15) is 0 Å². The molecule has 0 aliphatic carbocycles. The predicted octanol–water partition coefficient (Wildman–Crippen LogP) is 3.05. The van der Waals surface area contributed by atoms with Gasteiger partial charge < -0.3 is 9.15 Å². The Kier molecular flexibility index (Phi) is 2.79. The molecule has 0 N–H and O–H groups in total. The van der Waals surface area contributed by atoms with Gasteiger partial charge in [-0.15, -0.1) is 10.2 Å². The zero-order chi connectivity index (χ0) is 10.8. The minimum Gasteiger partial charge on any atom is -0.479 e. The molecule has 0 unspecified atom stereocenters. The number of hydrogen-bond donors (Lipinski definition) is 0. The van der Waals surface area contributed by atoms with Gasteiger partial charge >= 0.3 is 0 Å². The largest absolute Gasteiger partial charge is 0.479 e. The van der Waals surface area contributed by atoms with Gasteiger partial charge in [-0.1, -0.05) is 11.6 Å². The van der Waals surface area contributed by atoms with E-state index < -0.39 is 0 Å². The number of aromatic nitrogens is 2. The number of rotatable bonds is 2. The first-order valence-electron chi connectivity index (χ1n) is 4.03. The lowest BCUT2D eigenvalue weighted by molar-refractivity contribution is 0.392. The van der Waals surface area contributed by atoms with E-state index in [1.54, 1.807) is 18.2 Å². The third kappa shape index (κ3) is 2.06. The maximum absolute atomic E-state index is 5.88. The fraction of sp³-hybridized carbons (Fsp3) is 0.111. The predicted molar refractivity (Wildman–Crippen MR) is 56.3 cm³/mol. The molecular formula is C9H6Cl2N2O2. The second-order valence-corrected chi connectivity index (χ2v) is 3.47. The van der Waals surface area contributed by atoms with Crippen molar-refractivity contribution in [3.63, 3.8) is 0 Å². The van der Waals surface area contributed by atoms with Gasteiger partial charge in [-0.25, -0.2) is 0 Å². The van der Waals surface area contributed by atoms with Crippen molar-refractivity contribution in [2.24, 2.45) is 0 Å². The Balaban J connectivity index is 2.42. The van der Waals surface area contributed by atoms with E-state index in [0.717, 1.165) is 0 Å². The van der Waals surface area contributed by atoms with E-state index in [4.69, 9.17) is 32.4 Å². The highest BCUT2D eigenvalue weighted by Crippen LogP contribution is 2.27. The highest BCUT2D eigenvalue weighted by molar-refractivity contribution is 6.32. The van der Waals surface area contributed by atoms with E-state index in [1.807, 2.05) is 0 Å². The zero-order valence-corrected chi connectivity index (χ0v) is 9.21. The molecule has 2 aromatic heterocycles. The SMILES string of the molecule is COc1nnc(-c2ccc(Cl)o2)cc1Cl. The van der Waals surface area contributed by atoms with Crippen LogP contribution < -0.4 is 4.74 Å². The van der Waals surface area contributed by atoms with Gasteiger partial charge in [0.2, 0.25) is 0 Å². The maximum Gasteiger partial charge on any atom is 0.252 e. The summed E-state index contributed by atoms with van der Waals surface area (Å²) in [4.78, 5) is 0. The van der Waals surface area contributed by atoms with Gasteiger partial charge in [-0.3, -0.25) is 0 Å². The van der Waals surface area contributed by atoms with Crippen molar-refractivity contribution in [2.45, 2.75) is 0 Å². The molecule has 0 saturated heterocycles. The van der Waals surface area contributed by atoms with Crippen LogP contribution in [0, 0.1) is 0 Å². The first-order chi connectivity index (χ1) is 7.20. The van der Waals surface area contributed by atoms with Gasteiger partial charge in [0.05, 0.1) is 7.11 Å². The van der Waals surface area contributed by atoms with Gasteiger partial charge in [0.25, 0.3) is 5.88 Å². The molecule has 0 radical (unpaired) electrons. The molecule has 0 amide bonds. The van der Waals surface area contributed by atoms with Crippen molar-refractivity contribution < 1.29 is 9.15 Å². The summed E-state index contributed by atoms with van der Waals surface area (Å²) in [6.07, 6.45) is 0. The van der Waals surface area contributed by atoms with E-state index in [-0.39, 0.29) is 5.88 Å². The van der Waals surface area contributed by atoms with Crippen molar-refractivity contribution in [3.05, 3.63) is 28.4 Å². The third-order valence-electron chi connectivity index (χ3n) is 1.74. The van der Waals surface area contributed by atoms with Crippen molar-refractivity contribution in [3.8, 4) is 17.3 Å². The summed E-state index contributed by atoms with van der Waals surface area (Å²) in [5, 5.41) is 8.32. The molecule has 2 heterocycles. The smallest absolute Gasteiger partial charge is 0.252 e. The highest BCUT2D eigenvalue weighted by Gasteiger charge is 2.09. The van der Waals surface area contributed by atoms with Crippen LogP contribution in [0.25, 0.3) is 11.5 Å². The van der Waals surface area contributed by atoms with E-state index in [0.29, 0.717) is 21.7 Å². The molecule has 0 spiro atoms. The molecule has 78 valence electrons. The Hall–Kier alpha value is -1.26. The Morgan fingerprint density at radius 1 is 1.27 bits per heavy atom. The minimum atomic E-state index is 0.276. The second kappa shape index (κ2) is 4.08. The van der Waals surface area contributed by atoms with Crippen LogP contribution in [0.5, 0.6) is 5.88 Å². The molecule has 15 heavy (non-hydrogen) atoms. The Morgan fingerprint density at radius 3 is 2.60 bits per heavy atom. The average Bonchev–Trinajstić information content (AvgIpc) is 2.65. The molecule has 0 aliphatic rings. The summed E-state index contributed by atoms with van der Waals surface area (Å²) in [5.41, 5.74) is 0.507. The van der Waals surface area contributed by atoms with Crippen molar-refractivity contribution in [1.82, 2.24) is 10.2 Å². The van der Waals surface area contributed by atoms with Gasteiger partial charge in [0.1, 0.15) is 10.7 Å². The Labute approximate surface area is 95.8 Å². The van der Waals surface area contributed by atoms with E-state index in [9.17, 15) is 0 Å². The van der Waals surface area contributed by atoms with Gasteiger partial charge in [0.15, 0.2) is 11.0 Å². The van der Waals surface area contributed by atoms with E-state index in [1.165, 1.54) is 7.11 Å². The molecule has 0 aromatic carbocycles. The molecule has 4 nitrogen and oxygen atoms in total. The van der Waals surface area contributed by atoms with Gasteiger partial charge in [0, 0.05) is 0 Å². The van der Waals surface area contributed by atoms with Crippen LogP contribution in [0.15, 0.2) is 22.6 Å². The Morgan fingerprint density at radius 2 is 2.07 bits per heavy atom. The van der Waals surface area contributed by atoms with Crippen LogP contribution in [-0.2, 0) is 0 Å². The number of hydrogen-bond acceptors (Lipinski definition) is 4. The minimum absolute atomic E-state index is 0.276. The van der Waals surface area contributed by atoms with Crippen LogP contribution in [0.4, 0.5) is 0 Å². The fourth-order valence-corrected chi connectivity index (χ4v) is 1.43. The number of ether oxygens (including phenoxy) is 1. The lowest BCUT2D eigenvalue weighted by Crippen LogP contribution is -1.93. The standard InChI is InChI=1S/C9H6Cl2N2O2/c1-14-9-5(10)4-6(12-13-9)7-2-3-8(11)15-7/h2-4H,1H3. The summed E-state index contributed by atoms with van der Waals surface area (Å²) in [5.74, 6) is 0.787. The van der Waals surface area contributed by atoms with E-state index >= 15 is 0 Å². The summed E-state index contributed by atoms with van der Waals surface area (Å²) in [7, 11) is 1.47. The summed E-state index contributed by atoms with van der Waals surface area (Å²) in [6, 6.07) is 4.91. The topological polar surface area (TPSA) is 48.2 Å². The van der Waals surface area contributed by atoms with Crippen molar-refractivity contribution >= 4 is 23.2 Å². The lowest BCUT2D eigenvalue weighted by Gasteiger charge is -2.01. The highest BCUT2D eigenvalue weighted by atomic mass is 35.5.